The van der Waals surface area contributed by atoms with Gasteiger partial charge in [0, 0.05) is 18.3 Å². The predicted molar refractivity (Wildman–Crippen MR) is 125 cm³/mol. The standard InChI is InChI=1S/C26H23FN4O3/c1-17-5-11-20(12-6-17)31-24(32)22-14-21(23-4-3-13-34-23)29-30(22)16-26(31,2)25(33)28-15-18-7-9-19(27)10-8-18/h3-14H,15-16H2,1-2H3,(H,28,33). The van der Waals surface area contributed by atoms with E-state index in [9.17, 15) is 14.0 Å². The molecular weight excluding hydrogens is 435 g/mol. The van der Waals surface area contributed by atoms with Crippen molar-refractivity contribution in [2.75, 3.05) is 4.90 Å². The lowest BCUT2D eigenvalue weighted by Gasteiger charge is -2.43. The molecule has 5 rings (SSSR count). The van der Waals surface area contributed by atoms with Crippen molar-refractivity contribution in [2.24, 2.45) is 0 Å². The van der Waals surface area contributed by atoms with Gasteiger partial charge in [0.1, 0.15) is 22.7 Å². The highest BCUT2D eigenvalue weighted by atomic mass is 19.1. The second-order valence-electron chi connectivity index (χ2n) is 8.61. The van der Waals surface area contributed by atoms with Crippen LogP contribution >= 0.6 is 0 Å². The van der Waals surface area contributed by atoms with Gasteiger partial charge in [0.05, 0.1) is 12.8 Å². The van der Waals surface area contributed by atoms with Gasteiger partial charge >= 0.3 is 0 Å². The number of nitrogens with zero attached hydrogens (tertiary/aromatic N) is 3. The fourth-order valence-electron chi connectivity index (χ4n) is 4.20. The monoisotopic (exact) mass is 458 g/mol. The van der Waals surface area contributed by atoms with Crippen LogP contribution in [0.4, 0.5) is 10.1 Å². The summed E-state index contributed by atoms with van der Waals surface area (Å²) in [6, 6.07) is 18.6. The SMILES string of the molecule is Cc1ccc(N2C(=O)c3cc(-c4ccco4)nn3CC2(C)C(=O)NCc2ccc(F)cc2)cc1. The highest BCUT2D eigenvalue weighted by molar-refractivity contribution is 6.12. The lowest BCUT2D eigenvalue weighted by atomic mass is 9.93. The molecule has 0 fully saturated rings. The molecule has 1 N–H and O–H groups in total. The van der Waals surface area contributed by atoms with Gasteiger partial charge in [0.25, 0.3) is 5.91 Å². The van der Waals surface area contributed by atoms with Crippen LogP contribution in [0.3, 0.4) is 0 Å². The number of carbonyl (C=O) groups is 2. The summed E-state index contributed by atoms with van der Waals surface area (Å²) in [4.78, 5) is 28.8. The Hall–Kier alpha value is -4.20. The van der Waals surface area contributed by atoms with Crippen LogP contribution in [-0.4, -0.2) is 27.1 Å². The highest BCUT2D eigenvalue weighted by Crippen LogP contribution is 2.34. The molecule has 1 unspecified atom stereocenters. The Morgan fingerprint density at radius 3 is 2.56 bits per heavy atom. The van der Waals surface area contributed by atoms with Gasteiger partial charge in [-0.25, -0.2) is 4.39 Å². The Labute approximate surface area is 195 Å². The molecule has 172 valence electrons. The molecule has 4 aromatic rings. The van der Waals surface area contributed by atoms with E-state index >= 15 is 0 Å². The maximum Gasteiger partial charge on any atom is 0.277 e. The number of rotatable bonds is 5. The summed E-state index contributed by atoms with van der Waals surface area (Å²) in [7, 11) is 0. The zero-order chi connectivity index (χ0) is 23.9. The molecule has 1 aliphatic heterocycles. The van der Waals surface area contributed by atoms with Crippen LogP contribution in [0.15, 0.2) is 77.4 Å². The third kappa shape index (κ3) is 3.77. The van der Waals surface area contributed by atoms with Gasteiger partial charge in [-0.05, 0) is 55.8 Å². The van der Waals surface area contributed by atoms with Crippen LogP contribution in [0.5, 0.6) is 0 Å². The van der Waals surface area contributed by atoms with Gasteiger partial charge in [-0.3, -0.25) is 19.2 Å². The molecule has 8 heteroatoms. The van der Waals surface area contributed by atoms with Crippen LogP contribution in [0.25, 0.3) is 11.5 Å². The van der Waals surface area contributed by atoms with Gasteiger partial charge in [-0.15, -0.1) is 0 Å². The quantitative estimate of drug-likeness (QED) is 0.483. The first-order valence-electron chi connectivity index (χ1n) is 10.9. The van der Waals surface area contributed by atoms with Crippen molar-refractivity contribution in [1.29, 1.82) is 0 Å². The number of furan rings is 1. The van der Waals surface area contributed by atoms with Gasteiger partial charge in [0.2, 0.25) is 5.91 Å². The van der Waals surface area contributed by atoms with Crippen molar-refractivity contribution < 1.29 is 18.4 Å². The summed E-state index contributed by atoms with van der Waals surface area (Å²) in [6.07, 6.45) is 1.54. The van der Waals surface area contributed by atoms with Gasteiger partial charge in [0.15, 0.2) is 5.76 Å². The molecule has 3 heterocycles. The Kier molecular flexibility index (Phi) is 5.28. The lowest BCUT2D eigenvalue weighted by Crippen LogP contribution is -2.64. The molecule has 0 aliphatic carbocycles. The second kappa shape index (κ2) is 8.30. The molecule has 0 bridgehead atoms. The van der Waals surface area contributed by atoms with Gasteiger partial charge < -0.3 is 9.73 Å². The molecule has 2 amide bonds. The summed E-state index contributed by atoms with van der Waals surface area (Å²) >= 11 is 0. The van der Waals surface area contributed by atoms with E-state index in [1.165, 1.54) is 17.0 Å². The number of hydrogen-bond donors (Lipinski definition) is 1. The maximum absolute atomic E-state index is 13.7. The predicted octanol–water partition coefficient (Wildman–Crippen LogP) is 4.33. The first kappa shape index (κ1) is 21.6. The summed E-state index contributed by atoms with van der Waals surface area (Å²) in [6.45, 7) is 4.04. The third-order valence-electron chi connectivity index (χ3n) is 6.07. The van der Waals surface area contributed by atoms with Crippen molar-refractivity contribution in [1.82, 2.24) is 15.1 Å². The topological polar surface area (TPSA) is 80.4 Å². The van der Waals surface area contributed by atoms with Crippen molar-refractivity contribution in [2.45, 2.75) is 32.5 Å². The van der Waals surface area contributed by atoms with Crippen molar-refractivity contribution in [3.8, 4) is 11.5 Å². The number of anilines is 1. The average molecular weight is 458 g/mol. The fraction of sp³-hybridized carbons (Fsp3) is 0.192. The molecule has 2 aromatic carbocycles. The molecule has 2 aromatic heterocycles. The van der Waals surface area contributed by atoms with Crippen molar-refractivity contribution >= 4 is 17.5 Å². The number of amides is 2. The van der Waals surface area contributed by atoms with Crippen molar-refractivity contribution in [3.63, 3.8) is 0 Å². The Morgan fingerprint density at radius 2 is 1.88 bits per heavy atom. The Bertz CT molecular complexity index is 1340. The summed E-state index contributed by atoms with van der Waals surface area (Å²) in [5.41, 5.74) is 2.04. The fourth-order valence-corrected chi connectivity index (χ4v) is 4.20. The number of fused-ring (bicyclic) bond motifs is 1. The molecule has 1 aliphatic rings. The van der Waals surface area contributed by atoms with Crippen molar-refractivity contribution in [3.05, 3.63) is 95.6 Å². The summed E-state index contributed by atoms with van der Waals surface area (Å²) < 4.78 is 20.2. The van der Waals surface area contributed by atoms with E-state index in [1.54, 1.807) is 48.2 Å². The summed E-state index contributed by atoms with van der Waals surface area (Å²) in [5, 5.41) is 7.46. The van der Waals surface area contributed by atoms with Crippen LogP contribution < -0.4 is 10.2 Å². The van der Waals surface area contributed by atoms with Crippen LogP contribution in [0.1, 0.15) is 28.5 Å². The molecular formula is C26H23FN4O3. The first-order chi connectivity index (χ1) is 16.3. The van der Waals surface area contributed by atoms with E-state index in [0.717, 1.165) is 11.1 Å². The number of aryl methyl sites for hydroxylation is 1. The van der Waals surface area contributed by atoms with Crippen LogP contribution in [0.2, 0.25) is 0 Å². The first-order valence-corrected chi connectivity index (χ1v) is 10.9. The zero-order valence-corrected chi connectivity index (χ0v) is 18.8. The summed E-state index contributed by atoms with van der Waals surface area (Å²) in [5.74, 6) is -0.477. The molecule has 7 nitrogen and oxygen atoms in total. The molecule has 0 spiro atoms. The lowest BCUT2D eigenvalue weighted by molar-refractivity contribution is -0.126. The van der Waals surface area contributed by atoms with E-state index in [-0.39, 0.29) is 30.7 Å². The minimum Gasteiger partial charge on any atom is -0.463 e. The minimum absolute atomic E-state index is 0.151. The van der Waals surface area contributed by atoms with E-state index in [2.05, 4.69) is 10.4 Å². The second-order valence-corrected chi connectivity index (χ2v) is 8.61. The third-order valence-corrected chi connectivity index (χ3v) is 6.07. The normalized spacial score (nSPS) is 17.5. The number of nitrogens with one attached hydrogen (secondary N) is 1. The molecule has 0 radical (unpaired) electrons. The smallest absolute Gasteiger partial charge is 0.277 e. The highest BCUT2D eigenvalue weighted by Gasteiger charge is 2.48. The Morgan fingerprint density at radius 1 is 1.15 bits per heavy atom. The van der Waals surface area contributed by atoms with E-state index < -0.39 is 5.54 Å². The number of halogens is 1. The minimum atomic E-state index is -1.26. The van der Waals surface area contributed by atoms with Crippen LogP contribution in [-0.2, 0) is 17.9 Å². The number of benzene rings is 2. The van der Waals surface area contributed by atoms with E-state index in [1.807, 2.05) is 31.2 Å². The van der Waals surface area contributed by atoms with E-state index in [0.29, 0.717) is 22.8 Å². The molecule has 0 saturated heterocycles. The molecule has 0 saturated carbocycles. The van der Waals surface area contributed by atoms with Gasteiger partial charge in [-0.1, -0.05) is 29.8 Å². The van der Waals surface area contributed by atoms with Crippen LogP contribution in [0, 0.1) is 12.7 Å². The number of carbonyl (C=O) groups excluding carboxylic acids is 2. The maximum atomic E-state index is 13.7. The zero-order valence-electron chi connectivity index (χ0n) is 18.8. The number of aromatic nitrogens is 2. The molecule has 1 atom stereocenters. The largest absolute Gasteiger partial charge is 0.463 e. The average Bonchev–Trinajstić information content (AvgIpc) is 3.50. The van der Waals surface area contributed by atoms with Gasteiger partial charge in [-0.2, -0.15) is 5.10 Å². The Balaban J connectivity index is 1.52. The number of hydrogen-bond acceptors (Lipinski definition) is 4. The van der Waals surface area contributed by atoms with E-state index in [4.69, 9.17) is 4.42 Å². The molecule has 34 heavy (non-hydrogen) atoms.